The van der Waals surface area contributed by atoms with E-state index in [-0.39, 0.29) is 17.7 Å². The van der Waals surface area contributed by atoms with Crippen LogP contribution < -0.4 is 10.1 Å². The van der Waals surface area contributed by atoms with Crippen molar-refractivity contribution >= 4 is 11.8 Å². The first-order valence-corrected chi connectivity index (χ1v) is 13.1. The number of piperidine rings is 2. The monoisotopic (exact) mass is 477 g/mol. The molecule has 0 aromatic heterocycles. The summed E-state index contributed by atoms with van der Waals surface area (Å²) in [6, 6.07) is 18.4. The molecule has 0 atom stereocenters. The molecule has 2 saturated heterocycles. The smallest absolute Gasteiger partial charge is 0.223 e. The SMILES string of the molecule is COc1ccc(CN2CCC(CNC(=O)C3CCN(C(=O)CCc4ccccc4)CC3)CC2)cc1. The van der Waals surface area contributed by atoms with Crippen LogP contribution in [0.1, 0.15) is 43.2 Å². The molecular weight excluding hydrogens is 438 g/mol. The molecule has 0 spiro atoms. The summed E-state index contributed by atoms with van der Waals surface area (Å²) in [6.45, 7) is 5.24. The molecule has 2 amide bonds. The molecule has 0 radical (unpaired) electrons. The number of carbonyl (C=O) groups is 2. The molecular formula is C29H39N3O3. The standard InChI is InChI=1S/C29H39N3O3/c1-35-27-10-7-25(8-11-27)22-31-17-13-24(14-18-31)21-30-29(34)26-15-19-32(20-16-26)28(33)12-9-23-5-3-2-4-6-23/h2-8,10-11,24,26H,9,12-22H2,1H3,(H,30,34). The summed E-state index contributed by atoms with van der Waals surface area (Å²) in [5.41, 5.74) is 2.50. The van der Waals surface area contributed by atoms with Crippen LogP contribution in [0.2, 0.25) is 0 Å². The van der Waals surface area contributed by atoms with Crippen molar-refractivity contribution in [1.29, 1.82) is 0 Å². The lowest BCUT2D eigenvalue weighted by molar-refractivity contribution is -0.135. The number of aryl methyl sites for hydroxylation is 1. The highest BCUT2D eigenvalue weighted by Gasteiger charge is 2.28. The fraction of sp³-hybridized carbons (Fsp3) is 0.517. The maximum absolute atomic E-state index is 12.8. The highest BCUT2D eigenvalue weighted by atomic mass is 16.5. The highest BCUT2D eigenvalue weighted by molar-refractivity contribution is 5.80. The van der Waals surface area contributed by atoms with Gasteiger partial charge in [0.15, 0.2) is 0 Å². The van der Waals surface area contributed by atoms with Crippen LogP contribution in [0.25, 0.3) is 0 Å². The summed E-state index contributed by atoms with van der Waals surface area (Å²) in [6.07, 6.45) is 5.08. The summed E-state index contributed by atoms with van der Waals surface area (Å²) < 4.78 is 5.24. The maximum Gasteiger partial charge on any atom is 0.223 e. The molecule has 2 aromatic rings. The molecule has 2 heterocycles. The molecule has 188 valence electrons. The lowest BCUT2D eigenvalue weighted by Crippen LogP contribution is -2.44. The Hall–Kier alpha value is -2.86. The predicted octanol–water partition coefficient (Wildman–Crippen LogP) is 3.89. The highest BCUT2D eigenvalue weighted by Crippen LogP contribution is 2.22. The Kier molecular flexibility index (Phi) is 9.18. The summed E-state index contributed by atoms with van der Waals surface area (Å²) in [5.74, 6) is 1.84. The van der Waals surface area contributed by atoms with Gasteiger partial charge in [-0.05, 0) is 74.4 Å². The van der Waals surface area contributed by atoms with Crippen LogP contribution in [0.4, 0.5) is 0 Å². The van der Waals surface area contributed by atoms with Crippen molar-refractivity contribution in [3.63, 3.8) is 0 Å². The largest absolute Gasteiger partial charge is 0.497 e. The van der Waals surface area contributed by atoms with Crippen molar-refractivity contribution in [1.82, 2.24) is 15.1 Å². The minimum absolute atomic E-state index is 0.0309. The third kappa shape index (κ3) is 7.56. The van der Waals surface area contributed by atoms with Crippen LogP contribution in [-0.2, 0) is 22.6 Å². The summed E-state index contributed by atoms with van der Waals surface area (Å²) in [7, 11) is 1.69. The van der Waals surface area contributed by atoms with Crippen LogP contribution in [-0.4, -0.2) is 61.4 Å². The first kappa shape index (κ1) is 25.2. The van der Waals surface area contributed by atoms with Gasteiger partial charge in [-0.2, -0.15) is 0 Å². The number of carbonyl (C=O) groups excluding carboxylic acids is 2. The molecule has 2 aliphatic heterocycles. The van der Waals surface area contributed by atoms with Gasteiger partial charge in [-0.3, -0.25) is 14.5 Å². The van der Waals surface area contributed by atoms with Crippen molar-refractivity contribution < 1.29 is 14.3 Å². The molecule has 2 fully saturated rings. The summed E-state index contributed by atoms with van der Waals surface area (Å²) in [4.78, 5) is 29.7. The van der Waals surface area contributed by atoms with E-state index < -0.39 is 0 Å². The number of nitrogens with one attached hydrogen (secondary N) is 1. The number of hydrogen-bond acceptors (Lipinski definition) is 4. The second-order valence-corrected chi connectivity index (χ2v) is 9.95. The van der Waals surface area contributed by atoms with Gasteiger partial charge in [0.2, 0.25) is 11.8 Å². The number of methoxy groups -OCH3 is 1. The van der Waals surface area contributed by atoms with Crippen LogP contribution in [0.5, 0.6) is 5.75 Å². The van der Waals surface area contributed by atoms with E-state index in [1.807, 2.05) is 35.2 Å². The first-order chi connectivity index (χ1) is 17.1. The second kappa shape index (κ2) is 12.7. The zero-order valence-electron chi connectivity index (χ0n) is 21.0. The molecule has 6 nitrogen and oxygen atoms in total. The Morgan fingerprint density at radius 3 is 2.23 bits per heavy atom. The molecule has 35 heavy (non-hydrogen) atoms. The van der Waals surface area contributed by atoms with Gasteiger partial charge in [-0.1, -0.05) is 42.5 Å². The van der Waals surface area contributed by atoms with Gasteiger partial charge >= 0.3 is 0 Å². The molecule has 1 N–H and O–H groups in total. The minimum Gasteiger partial charge on any atom is -0.497 e. The van der Waals surface area contributed by atoms with Crippen molar-refractivity contribution in [2.24, 2.45) is 11.8 Å². The third-order valence-electron chi connectivity index (χ3n) is 7.53. The van der Waals surface area contributed by atoms with Gasteiger partial charge in [0, 0.05) is 38.5 Å². The van der Waals surface area contributed by atoms with Gasteiger partial charge in [-0.15, -0.1) is 0 Å². The second-order valence-electron chi connectivity index (χ2n) is 9.95. The fourth-order valence-corrected chi connectivity index (χ4v) is 5.17. The molecule has 0 bridgehead atoms. The Balaban J connectivity index is 1.10. The Morgan fingerprint density at radius 2 is 1.57 bits per heavy atom. The number of nitrogens with zero attached hydrogens (tertiary/aromatic N) is 2. The van der Waals surface area contributed by atoms with E-state index in [1.165, 1.54) is 11.1 Å². The lowest BCUT2D eigenvalue weighted by Gasteiger charge is -2.33. The quantitative estimate of drug-likeness (QED) is 0.595. The summed E-state index contributed by atoms with van der Waals surface area (Å²) >= 11 is 0. The zero-order chi connectivity index (χ0) is 24.5. The predicted molar refractivity (Wildman–Crippen MR) is 138 cm³/mol. The van der Waals surface area contributed by atoms with Crippen LogP contribution in [0, 0.1) is 11.8 Å². The van der Waals surface area contributed by atoms with Crippen molar-refractivity contribution in [2.45, 2.75) is 45.1 Å². The van der Waals surface area contributed by atoms with Crippen LogP contribution in [0.15, 0.2) is 54.6 Å². The molecule has 2 aromatic carbocycles. The number of rotatable bonds is 9. The molecule has 0 saturated carbocycles. The third-order valence-corrected chi connectivity index (χ3v) is 7.53. The van der Waals surface area contributed by atoms with Crippen molar-refractivity contribution in [3.05, 3.63) is 65.7 Å². The number of amides is 2. The molecule has 0 unspecified atom stereocenters. The Bertz CT molecular complexity index is 931. The average molecular weight is 478 g/mol. The fourth-order valence-electron chi connectivity index (χ4n) is 5.17. The zero-order valence-corrected chi connectivity index (χ0v) is 21.0. The average Bonchev–Trinajstić information content (AvgIpc) is 2.92. The number of benzene rings is 2. The van der Waals surface area contributed by atoms with Gasteiger partial charge in [0.25, 0.3) is 0 Å². The van der Waals surface area contributed by atoms with E-state index in [1.54, 1.807) is 7.11 Å². The summed E-state index contributed by atoms with van der Waals surface area (Å²) in [5, 5.41) is 3.22. The van der Waals surface area contributed by atoms with E-state index >= 15 is 0 Å². The number of ether oxygens (including phenoxy) is 1. The molecule has 6 heteroatoms. The van der Waals surface area contributed by atoms with E-state index in [9.17, 15) is 9.59 Å². The minimum atomic E-state index is 0.0309. The van der Waals surface area contributed by atoms with Crippen LogP contribution >= 0.6 is 0 Å². The normalized spacial score (nSPS) is 17.8. The van der Waals surface area contributed by atoms with Crippen LogP contribution in [0.3, 0.4) is 0 Å². The van der Waals surface area contributed by atoms with Crippen molar-refractivity contribution in [3.8, 4) is 5.75 Å². The van der Waals surface area contributed by atoms with E-state index in [4.69, 9.17) is 4.74 Å². The Labute approximate surface area is 209 Å². The van der Waals surface area contributed by atoms with Gasteiger partial charge in [-0.25, -0.2) is 0 Å². The Morgan fingerprint density at radius 1 is 0.886 bits per heavy atom. The molecule has 4 rings (SSSR count). The topological polar surface area (TPSA) is 61.9 Å². The van der Waals surface area contributed by atoms with Gasteiger partial charge in [0.05, 0.1) is 7.11 Å². The van der Waals surface area contributed by atoms with Gasteiger partial charge in [0.1, 0.15) is 5.75 Å². The molecule has 0 aliphatic carbocycles. The maximum atomic E-state index is 12.8. The number of hydrogen-bond donors (Lipinski definition) is 1. The lowest BCUT2D eigenvalue weighted by atomic mass is 9.93. The van der Waals surface area contributed by atoms with E-state index in [2.05, 4.69) is 34.5 Å². The van der Waals surface area contributed by atoms with Crippen molar-refractivity contribution in [2.75, 3.05) is 39.8 Å². The van der Waals surface area contributed by atoms with E-state index in [0.29, 0.717) is 25.4 Å². The number of likely N-dealkylation sites (tertiary alicyclic amines) is 2. The van der Waals surface area contributed by atoms with E-state index in [0.717, 1.165) is 64.0 Å². The first-order valence-electron chi connectivity index (χ1n) is 13.1. The van der Waals surface area contributed by atoms with Gasteiger partial charge < -0.3 is 15.0 Å². The molecule has 2 aliphatic rings.